The van der Waals surface area contributed by atoms with Gasteiger partial charge in [0.2, 0.25) is 10.0 Å². The van der Waals surface area contributed by atoms with Crippen LogP contribution in [0.25, 0.3) is 0 Å². The van der Waals surface area contributed by atoms with Crippen molar-refractivity contribution in [1.82, 2.24) is 9.29 Å². The number of thiazole rings is 1. The Balaban J connectivity index is 1.76. The van der Waals surface area contributed by atoms with Crippen molar-refractivity contribution in [2.24, 2.45) is 0 Å². The van der Waals surface area contributed by atoms with Gasteiger partial charge in [-0.3, -0.25) is 4.79 Å². The van der Waals surface area contributed by atoms with Crippen LogP contribution < -0.4 is 5.32 Å². The summed E-state index contributed by atoms with van der Waals surface area (Å²) in [4.78, 5) is 16.9. The van der Waals surface area contributed by atoms with E-state index in [4.69, 9.17) is 4.74 Å². The molecule has 1 aromatic carbocycles. The monoisotopic (exact) mass is 409 g/mol. The molecule has 0 spiro atoms. The van der Waals surface area contributed by atoms with Gasteiger partial charge in [0.1, 0.15) is 5.00 Å². The molecular weight excluding hydrogens is 386 g/mol. The number of nitrogens with zero attached hydrogens (tertiary/aromatic N) is 2. The third kappa shape index (κ3) is 4.37. The number of carbonyl (C=O) groups excluding carboxylic acids is 1. The minimum Gasteiger partial charge on any atom is -0.373 e. The molecule has 9 heteroatoms. The molecule has 3 rings (SSSR count). The number of morpholine rings is 1. The zero-order valence-electron chi connectivity index (χ0n) is 15.7. The van der Waals surface area contributed by atoms with Crippen LogP contribution in [0.2, 0.25) is 0 Å². The molecule has 0 radical (unpaired) electrons. The summed E-state index contributed by atoms with van der Waals surface area (Å²) in [6.07, 6.45) is -0.306. The maximum Gasteiger partial charge on any atom is 0.256 e. The summed E-state index contributed by atoms with van der Waals surface area (Å²) in [5, 5.41) is 4.39. The Labute approximate surface area is 163 Å². The fourth-order valence-electron chi connectivity index (χ4n) is 3.08. The fraction of sp³-hybridized carbons (Fsp3) is 0.444. The first-order chi connectivity index (χ1) is 12.7. The number of hydrogen-bond acceptors (Lipinski definition) is 6. The van der Waals surface area contributed by atoms with Gasteiger partial charge in [0, 0.05) is 18.7 Å². The minimum atomic E-state index is -3.62. The van der Waals surface area contributed by atoms with Gasteiger partial charge in [0.05, 0.1) is 27.8 Å². The Hall–Kier alpha value is -1.81. The Morgan fingerprint density at radius 3 is 2.30 bits per heavy atom. The van der Waals surface area contributed by atoms with Crippen molar-refractivity contribution in [3.8, 4) is 0 Å². The van der Waals surface area contributed by atoms with Crippen molar-refractivity contribution in [1.29, 1.82) is 0 Å². The Kier molecular flexibility index (Phi) is 5.66. The largest absolute Gasteiger partial charge is 0.373 e. The Morgan fingerprint density at radius 2 is 1.78 bits per heavy atom. The molecule has 27 heavy (non-hydrogen) atoms. The number of amides is 1. The number of hydrogen-bond donors (Lipinski definition) is 1. The van der Waals surface area contributed by atoms with Crippen molar-refractivity contribution in [2.45, 2.75) is 44.8 Å². The first-order valence-corrected chi connectivity index (χ1v) is 10.9. The highest BCUT2D eigenvalue weighted by atomic mass is 32.2. The van der Waals surface area contributed by atoms with E-state index in [-0.39, 0.29) is 23.0 Å². The van der Waals surface area contributed by atoms with Gasteiger partial charge in [-0.2, -0.15) is 4.31 Å². The average molecular weight is 410 g/mol. The van der Waals surface area contributed by atoms with Gasteiger partial charge in [0.15, 0.2) is 0 Å². The van der Waals surface area contributed by atoms with Crippen LogP contribution in [0, 0.1) is 13.8 Å². The lowest BCUT2D eigenvalue weighted by Gasteiger charge is -2.34. The number of nitrogens with one attached hydrogen (secondary N) is 1. The lowest BCUT2D eigenvalue weighted by molar-refractivity contribution is -0.0440. The summed E-state index contributed by atoms with van der Waals surface area (Å²) in [5.41, 5.74) is 1.16. The average Bonchev–Trinajstić information content (AvgIpc) is 2.91. The molecule has 2 atom stereocenters. The number of rotatable bonds is 4. The summed E-state index contributed by atoms with van der Waals surface area (Å²) < 4.78 is 32.8. The minimum absolute atomic E-state index is 0.153. The molecule has 2 unspecified atom stereocenters. The highest BCUT2D eigenvalue weighted by Crippen LogP contribution is 2.25. The lowest BCUT2D eigenvalue weighted by atomic mass is 10.2. The van der Waals surface area contributed by atoms with E-state index in [1.165, 1.54) is 39.9 Å². The topological polar surface area (TPSA) is 88.6 Å². The molecule has 1 aliphatic rings. The number of aromatic nitrogens is 1. The van der Waals surface area contributed by atoms with Crippen LogP contribution in [-0.4, -0.2) is 48.9 Å². The maximum absolute atomic E-state index is 12.9. The van der Waals surface area contributed by atoms with E-state index in [2.05, 4.69) is 10.3 Å². The summed E-state index contributed by atoms with van der Waals surface area (Å²) in [5.74, 6) is -0.292. The van der Waals surface area contributed by atoms with Crippen LogP contribution in [0.3, 0.4) is 0 Å². The van der Waals surface area contributed by atoms with Gasteiger partial charge in [0.25, 0.3) is 5.91 Å². The van der Waals surface area contributed by atoms with Gasteiger partial charge < -0.3 is 10.1 Å². The van der Waals surface area contributed by atoms with E-state index < -0.39 is 10.0 Å². The molecule has 1 fully saturated rings. The molecule has 0 aliphatic carbocycles. The van der Waals surface area contributed by atoms with Crippen molar-refractivity contribution in [2.75, 3.05) is 18.4 Å². The second-order valence-corrected chi connectivity index (χ2v) is 9.85. The summed E-state index contributed by atoms with van der Waals surface area (Å²) in [6.45, 7) is 8.06. The van der Waals surface area contributed by atoms with E-state index in [1.54, 1.807) is 0 Å². The normalized spacial score (nSPS) is 21.2. The number of aryl methyl sites for hydroxylation is 2. The van der Waals surface area contributed by atoms with Crippen LogP contribution in [0.1, 0.15) is 34.9 Å². The number of carbonyl (C=O) groups is 1. The molecular formula is C18H23N3O4S2. The van der Waals surface area contributed by atoms with Crippen LogP contribution >= 0.6 is 11.3 Å². The zero-order valence-corrected chi connectivity index (χ0v) is 17.4. The van der Waals surface area contributed by atoms with Gasteiger partial charge in [-0.15, -0.1) is 11.3 Å². The highest BCUT2D eigenvalue weighted by molar-refractivity contribution is 7.89. The van der Waals surface area contributed by atoms with Crippen LogP contribution in [0.15, 0.2) is 29.2 Å². The van der Waals surface area contributed by atoms with Crippen molar-refractivity contribution < 1.29 is 17.9 Å². The van der Waals surface area contributed by atoms with E-state index in [0.29, 0.717) is 23.7 Å². The second-order valence-electron chi connectivity index (χ2n) is 6.71. The van der Waals surface area contributed by atoms with Crippen molar-refractivity contribution in [3.05, 3.63) is 40.5 Å². The summed E-state index contributed by atoms with van der Waals surface area (Å²) >= 11 is 1.41. The molecule has 1 amide bonds. The van der Waals surface area contributed by atoms with Crippen molar-refractivity contribution in [3.63, 3.8) is 0 Å². The van der Waals surface area contributed by atoms with Gasteiger partial charge >= 0.3 is 0 Å². The molecule has 7 nitrogen and oxygen atoms in total. The molecule has 0 saturated carbocycles. The third-order valence-corrected chi connectivity index (χ3v) is 7.11. The lowest BCUT2D eigenvalue weighted by Crippen LogP contribution is -2.48. The van der Waals surface area contributed by atoms with Crippen LogP contribution in [0.4, 0.5) is 5.00 Å². The molecule has 1 N–H and O–H groups in total. The molecule has 1 saturated heterocycles. The number of anilines is 1. The highest BCUT2D eigenvalue weighted by Gasteiger charge is 2.32. The smallest absolute Gasteiger partial charge is 0.256 e. The van der Waals surface area contributed by atoms with Gasteiger partial charge in [-0.1, -0.05) is 0 Å². The number of sulfonamides is 1. The summed E-state index contributed by atoms with van der Waals surface area (Å²) in [7, 11) is -3.62. The molecule has 146 valence electrons. The predicted molar refractivity (Wildman–Crippen MR) is 105 cm³/mol. The predicted octanol–water partition coefficient (Wildman–Crippen LogP) is 2.81. The van der Waals surface area contributed by atoms with Crippen LogP contribution in [0.5, 0.6) is 0 Å². The van der Waals surface area contributed by atoms with Gasteiger partial charge in [-0.25, -0.2) is 13.4 Å². The second kappa shape index (κ2) is 7.67. The fourth-order valence-corrected chi connectivity index (χ4v) is 5.48. The van der Waals surface area contributed by atoms with Crippen LogP contribution in [-0.2, 0) is 14.8 Å². The first-order valence-electron chi connectivity index (χ1n) is 8.68. The quantitative estimate of drug-likeness (QED) is 0.839. The standard InChI is InChI=1S/C18H23N3O4S2/c1-11-9-21(10-12(2)25-11)27(23,24)16-7-5-15(6-8-16)17(22)20-18-13(3)19-14(4)26-18/h5-8,11-12H,9-10H2,1-4H3,(H,20,22). The van der Waals surface area contributed by atoms with Crippen molar-refractivity contribution >= 4 is 32.3 Å². The number of ether oxygens (including phenoxy) is 1. The molecule has 1 aliphatic heterocycles. The van der Waals surface area contributed by atoms with E-state index in [9.17, 15) is 13.2 Å². The SMILES string of the molecule is Cc1nc(C)c(NC(=O)c2ccc(S(=O)(=O)N3CC(C)OC(C)C3)cc2)s1. The molecule has 0 bridgehead atoms. The maximum atomic E-state index is 12.9. The van der Waals surface area contributed by atoms with E-state index in [1.807, 2.05) is 27.7 Å². The van der Waals surface area contributed by atoms with E-state index >= 15 is 0 Å². The van der Waals surface area contributed by atoms with Gasteiger partial charge in [-0.05, 0) is 52.0 Å². The Bertz CT molecular complexity index is 928. The Morgan fingerprint density at radius 1 is 1.19 bits per heavy atom. The zero-order chi connectivity index (χ0) is 19.8. The number of benzene rings is 1. The molecule has 2 heterocycles. The third-order valence-electron chi connectivity index (χ3n) is 4.27. The molecule has 2 aromatic rings. The van der Waals surface area contributed by atoms with E-state index in [0.717, 1.165) is 10.7 Å². The first kappa shape index (κ1) is 19.9. The molecule has 1 aromatic heterocycles. The summed E-state index contributed by atoms with van der Waals surface area (Å²) in [6, 6.07) is 6.00.